The molecule has 0 radical (unpaired) electrons. The Morgan fingerprint density at radius 2 is 2.35 bits per heavy atom. The summed E-state index contributed by atoms with van der Waals surface area (Å²) in [5, 5.41) is 9.87. The third-order valence-electron chi connectivity index (χ3n) is 2.74. The highest BCUT2D eigenvalue weighted by molar-refractivity contribution is 6.30. The number of nitrogens with one attached hydrogen (secondary N) is 2. The number of carbonyl (C=O) groups excluding carboxylic acids is 1. The van der Waals surface area contributed by atoms with E-state index in [4.69, 9.17) is 16.3 Å². The van der Waals surface area contributed by atoms with Crippen molar-refractivity contribution in [3.8, 4) is 5.75 Å². The number of aromatic amines is 1. The first-order chi connectivity index (χ1) is 9.69. The van der Waals surface area contributed by atoms with E-state index < -0.39 is 0 Å². The molecule has 106 valence electrons. The van der Waals surface area contributed by atoms with Gasteiger partial charge in [0.15, 0.2) is 0 Å². The zero-order valence-corrected chi connectivity index (χ0v) is 11.8. The monoisotopic (exact) mass is 294 g/mol. The standard InChI is InChI=1S/C13H15ClN4O2/c1-20-11-3-2-10(14)6-9(11)7-13(19)15-5-4-12-16-8-17-18-12/h2-3,6,8H,4-5,7H2,1H3,(H,15,19)(H,16,17,18). The first kappa shape index (κ1) is 14.3. The first-order valence-corrected chi connectivity index (χ1v) is 6.50. The van der Waals surface area contributed by atoms with Crippen LogP contribution in [0.15, 0.2) is 24.5 Å². The quantitative estimate of drug-likeness (QED) is 0.843. The Hall–Kier alpha value is -2.08. The molecule has 0 aliphatic carbocycles. The fourth-order valence-corrected chi connectivity index (χ4v) is 1.99. The summed E-state index contributed by atoms with van der Waals surface area (Å²) in [7, 11) is 1.56. The Morgan fingerprint density at radius 1 is 1.50 bits per heavy atom. The molecule has 0 saturated heterocycles. The minimum Gasteiger partial charge on any atom is -0.496 e. The molecule has 7 heteroatoms. The number of hydrogen-bond acceptors (Lipinski definition) is 4. The molecule has 0 aliphatic rings. The zero-order valence-electron chi connectivity index (χ0n) is 11.0. The molecular weight excluding hydrogens is 280 g/mol. The topological polar surface area (TPSA) is 79.9 Å². The van der Waals surface area contributed by atoms with E-state index in [-0.39, 0.29) is 12.3 Å². The molecule has 2 rings (SSSR count). The summed E-state index contributed by atoms with van der Waals surface area (Å²) in [5.74, 6) is 1.30. The van der Waals surface area contributed by atoms with Gasteiger partial charge >= 0.3 is 0 Å². The van der Waals surface area contributed by atoms with Crippen LogP contribution in [-0.2, 0) is 17.6 Å². The lowest BCUT2D eigenvalue weighted by atomic mass is 10.1. The summed E-state index contributed by atoms with van der Waals surface area (Å²) in [6.45, 7) is 0.497. The molecule has 2 N–H and O–H groups in total. The Kier molecular flexibility index (Phi) is 4.95. The number of amides is 1. The van der Waals surface area contributed by atoms with Crippen LogP contribution in [-0.4, -0.2) is 34.7 Å². The van der Waals surface area contributed by atoms with E-state index >= 15 is 0 Å². The molecule has 0 atom stereocenters. The summed E-state index contributed by atoms with van der Waals surface area (Å²) in [4.78, 5) is 15.8. The van der Waals surface area contributed by atoms with E-state index in [1.54, 1.807) is 25.3 Å². The van der Waals surface area contributed by atoms with Crippen molar-refractivity contribution in [1.29, 1.82) is 0 Å². The largest absolute Gasteiger partial charge is 0.496 e. The van der Waals surface area contributed by atoms with Crippen molar-refractivity contribution in [2.75, 3.05) is 13.7 Å². The van der Waals surface area contributed by atoms with E-state index in [1.807, 2.05) is 0 Å². The Morgan fingerprint density at radius 3 is 3.05 bits per heavy atom. The van der Waals surface area contributed by atoms with Gasteiger partial charge in [0, 0.05) is 23.6 Å². The molecule has 20 heavy (non-hydrogen) atoms. The highest BCUT2D eigenvalue weighted by Gasteiger charge is 2.09. The summed E-state index contributed by atoms with van der Waals surface area (Å²) in [5.41, 5.74) is 0.761. The highest BCUT2D eigenvalue weighted by Crippen LogP contribution is 2.22. The number of aromatic nitrogens is 3. The minimum atomic E-state index is -0.0925. The maximum atomic E-state index is 11.9. The lowest BCUT2D eigenvalue weighted by Gasteiger charge is -2.09. The van der Waals surface area contributed by atoms with Crippen LogP contribution in [0.5, 0.6) is 5.75 Å². The molecule has 1 aromatic carbocycles. The number of halogens is 1. The smallest absolute Gasteiger partial charge is 0.224 e. The number of hydrogen-bond donors (Lipinski definition) is 2. The van der Waals surface area contributed by atoms with Crippen LogP contribution >= 0.6 is 11.6 Å². The van der Waals surface area contributed by atoms with Crippen LogP contribution in [0.25, 0.3) is 0 Å². The minimum absolute atomic E-state index is 0.0925. The molecule has 1 aromatic heterocycles. The SMILES string of the molecule is COc1ccc(Cl)cc1CC(=O)NCCc1ncn[nH]1. The molecule has 0 bridgehead atoms. The summed E-state index contributed by atoms with van der Waals surface area (Å²) in [6.07, 6.45) is 2.27. The molecule has 0 spiro atoms. The summed E-state index contributed by atoms with van der Waals surface area (Å²) < 4.78 is 5.20. The van der Waals surface area contributed by atoms with Gasteiger partial charge in [0.1, 0.15) is 17.9 Å². The fourth-order valence-electron chi connectivity index (χ4n) is 1.79. The van der Waals surface area contributed by atoms with E-state index in [1.165, 1.54) is 6.33 Å². The van der Waals surface area contributed by atoms with Crippen molar-refractivity contribution in [2.24, 2.45) is 0 Å². The number of carbonyl (C=O) groups is 1. The first-order valence-electron chi connectivity index (χ1n) is 6.12. The lowest BCUT2D eigenvalue weighted by molar-refractivity contribution is -0.120. The van der Waals surface area contributed by atoms with E-state index in [0.29, 0.717) is 23.7 Å². The number of methoxy groups -OCH3 is 1. The number of ether oxygens (including phenoxy) is 1. The van der Waals surface area contributed by atoms with Crippen LogP contribution in [0.2, 0.25) is 5.02 Å². The van der Waals surface area contributed by atoms with Gasteiger partial charge in [-0.15, -0.1) is 0 Å². The molecule has 1 amide bonds. The van der Waals surface area contributed by atoms with Gasteiger partial charge in [0.05, 0.1) is 13.5 Å². The molecule has 0 unspecified atom stereocenters. The molecular formula is C13H15ClN4O2. The molecule has 2 aromatic rings. The van der Waals surface area contributed by atoms with Gasteiger partial charge in [-0.25, -0.2) is 4.98 Å². The third-order valence-corrected chi connectivity index (χ3v) is 2.98. The maximum absolute atomic E-state index is 11.9. The summed E-state index contributed by atoms with van der Waals surface area (Å²) >= 11 is 5.92. The van der Waals surface area contributed by atoms with Crippen molar-refractivity contribution in [3.63, 3.8) is 0 Å². The normalized spacial score (nSPS) is 10.3. The maximum Gasteiger partial charge on any atom is 0.224 e. The van der Waals surface area contributed by atoms with Crippen molar-refractivity contribution in [1.82, 2.24) is 20.5 Å². The zero-order chi connectivity index (χ0) is 14.4. The van der Waals surface area contributed by atoms with Gasteiger partial charge in [-0.05, 0) is 18.2 Å². The number of rotatable bonds is 6. The molecule has 0 fully saturated rings. The molecule has 6 nitrogen and oxygen atoms in total. The Bertz CT molecular complexity index is 572. The third kappa shape index (κ3) is 3.96. The van der Waals surface area contributed by atoms with Gasteiger partial charge in [-0.3, -0.25) is 9.89 Å². The number of H-pyrrole nitrogens is 1. The summed E-state index contributed by atoms with van der Waals surface area (Å²) in [6, 6.07) is 5.21. The van der Waals surface area contributed by atoms with Crippen molar-refractivity contribution >= 4 is 17.5 Å². The van der Waals surface area contributed by atoms with Crippen molar-refractivity contribution < 1.29 is 9.53 Å². The van der Waals surface area contributed by atoms with Gasteiger partial charge < -0.3 is 10.1 Å². The second-order valence-electron chi connectivity index (χ2n) is 4.17. The number of nitrogens with zero attached hydrogens (tertiary/aromatic N) is 2. The Balaban J connectivity index is 1.86. The predicted molar refractivity (Wildman–Crippen MR) is 74.8 cm³/mol. The van der Waals surface area contributed by atoms with Gasteiger partial charge in [-0.2, -0.15) is 5.10 Å². The van der Waals surface area contributed by atoms with Crippen LogP contribution in [0.4, 0.5) is 0 Å². The van der Waals surface area contributed by atoms with Crippen LogP contribution in [0, 0.1) is 0 Å². The van der Waals surface area contributed by atoms with Crippen LogP contribution < -0.4 is 10.1 Å². The second kappa shape index (κ2) is 6.91. The molecule has 0 saturated carbocycles. The number of benzene rings is 1. The van der Waals surface area contributed by atoms with E-state index in [2.05, 4.69) is 20.5 Å². The van der Waals surface area contributed by atoms with Crippen LogP contribution in [0.1, 0.15) is 11.4 Å². The lowest BCUT2D eigenvalue weighted by Crippen LogP contribution is -2.27. The van der Waals surface area contributed by atoms with Gasteiger partial charge in [0.2, 0.25) is 5.91 Å². The average Bonchev–Trinajstić information content (AvgIpc) is 2.92. The average molecular weight is 295 g/mol. The predicted octanol–water partition coefficient (Wildman–Crippen LogP) is 1.37. The fraction of sp³-hybridized carbons (Fsp3) is 0.308. The second-order valence-corrected chi connectivity index (χ2v) is 4.60. The Labute approximate surface area is 121 Å². The molecule has 1 heterocycles. The van der Waals surface area contributed by atoms with Crippen molar-refractivity contribution in [3.05, 3.63) is 40.9 Å². The van der Waals surface area contributed by atoms with Crippen LogP contribution in [0.3, 0.4) is 0 Å². The van der Waals surface area contributed by atoms with E-state index in [0.717, 1.165) is 11.4 Å². The van der Waals surface area contributed by atoms with Crippen molar-refractivity contribution in [2.45, 2.75) is 12.8 Å². The molecule has 0 aliphatic heterocycles. The van der Waals surface area contributed by atoms with Gasteiger partial charge in [0.25, 0.3) is 0 Å². The highest BCUT2D eigenvalue weighted by atomic mass is 35.5. The van der Waals surface area contributed by atoms with Gasteiger partial charge in [-0.1, -0.05) is 11.6 Å². The van der Waals surface area contributed by atoms with E-state index in [9.17, 15) is 4.79 Å².